The second-order valence-corrected chi connectivity index (χ2v) is 11.9. The van der Waals surface area contributed by atoms with Gasteiger partial charge in [0, 0.05) is 55.5 Å². The van der Waals surface area contributed by atoms with Gasteiger partial charge in [-0.1, -0.05) is 22.8 Å². The van der Waals surface area contributed by atoms with Crippen LogP contribution in [0.4, 0.5) is 0 Å². The van der Waals surface area contributed by atoms with Crippen LogP contribution in [0.1, 0.15) is 39.6 Å². The summed E-state index contributed by atoms with van der Waals surface area (Å²) in [6, 6.07) is -1.11. The van der Waals surface area contributed by atoms with Gasteiger partial charge >= 0.3 is 0 Å². The standard InChI is InChI=1S/C25H32ClN7O4S/c1-32(2)25(36)13-4-6-15(28-22(34)21-27-16-7-5-14(26)11-19(16)37-31-21)18(10-13)29-23(35)24-30-17-8-9-33(3)12-20(17)38-24/h5,7,11,13,15-16,18-19H,4,6,8-10,12H2,1-3H3,(H,27,31)(H,28,34)(H,29,35)/t13-,15-,16?,18+,19?/m0/s1. The zero-order valence-corrected chi connectivity index (χ0v) is 23.1. The number of fused-ring (bicyclic) bond motifs is 2. The number of nitrogens with one attached hydrogen (secondary N) is 3. The number of aromatic nitrogens is 1. The van der Waals surface area contributed by atoms with Crippen LogP contribution in [0.15, 0.2) is 28.4 Å². The average molecular weight is 562 g/mol. The van der Waals surface area contributed by atoms with E-state index in [4.69, 9.17) is 16.4 Å². The van der Waals surface area contributed by atoms with Crippen LogP contribution in [0.25, 0.3) is 0 Å². The van der Waals surface area contributed by atoms with Crippen molar-refractivity contribution >= 4 is 46.5 Å². The number of allylic oxidation sites excluding steroid dienone is 2. The second kappa shape index (κ2) is 11.0. The molecule has 38 heavy (non-hydrogen) atoms. The maximum atomic E-state index is 13.3. The topological polar surface area (TPSA) is 128 Å². The maximum absolute atomic E-state index is 13.3. The third kappa shape index (κ3) is 5.71. The first-order valence-corrected chi connectivity index (χ1v) is 13.9. The number of carbonyl (C=O) groups is 3. The number of halogens is 1. The van der Waals surface area contributed by atoms with E-state index in [2.05, 4.69) is 31.0 Å². The number of amidine groups is 1. The van der Waals surface area contributed by atoms with Gasteiger partial charge in [-0.2, -0.15) is 0 Å². The van der Waals surface area contributed by atoms with Gasteiger partial charge in [-0.05, 0) is 38.5 Å². The molecular weight excluding hydrogens is 530 g/mol. The second-order valence-electron chi connectivity index (χ2n) is 10.4. The van der Waals surface area contributed by atoms with E-state index in [1.807, 2.05) is 13.1 Å². The Balaban J connectivity index is 1.29. The average Bonchev–Trinajstić information content (AvgIpc) is 3.32. The van der Waals surface area contributed by atoms with Gasteiger partial charge in [0.1, 0.15) is 0 Å². The van der Waals surface area contributed by atoms with E-state index in [9.17, 15) is 14.4 Å². The summed E-state index contributed by atoms with van der Waals surface area (Å²) in [5, 5.41) is 14.1. The van der Waals surface area contributed by atoms with E-state index < -0.39 is 24.1 Å². The summed E-state index contributed by atoms with van der Waals surface area (Å²) < 4.78 is 0. The number of oxime groups is 1. The van der Waals surface area contributed by atoms with E-state index in [1.54, 1.807) is 31.1 Å². The largest absolute Gasteiger partial charge is 0.384 e. The van der Waals surface area contributed by atoms with Crippen molar-refractivity contribution in [3.8, 4) is 0 Å². The third-order valence-corrected chi connectivity index (χ3v) is 8.65. The molecule has 2 aliphatic carbocycles. The highest BCUT2D eigenvalue weighted by molar-refractivity contribution is 7.13. The summed E-state index contributed by atoms with van der Waals surface area (Å²) in [4.78, 5) is 54.1. The molecule has 0 aromatic carbocycles. The minimum atomic E-state index is -0.452. The fraction of sp³-hybridized carbons (Fsp3) is 0.560. The molecule has 0 radical (unpaired) electrons. The van der Waals surface area contributed by atoms with Gasteiger partial charge in [-0.25, -0.2) is 4.98 Å². The number of rotatable bonds is 5. The first kappa shape index (κ1) is 26.6. The summed E-state index contributed by atoms with van der Waals surface area (Å²) in [5.74, 6) is -0.915. The minimum Gasteiger partial charge on any atom is -0.384 e. The summed E-state index contributed by atoms with van der Waals surface area (Å²) in [5.41, 5.74) is 0.972. The van der Waals surface area contributed by atoms with Crippen LogP contribution in [0.2, 0.25) is 0 Å². The fourth-order valence-electron chi connectivity index (χ4n) is 5.23. The number of amides is 3. The van der Waals surface area contributed by atoms with Crippen LogP contribution >= 0.6 is 22.9 Å². The Morgan fingerprint density at radius 1 is 1.21 bits per heavy atom. The molecule has 5 rings (SSSR count). The Kier molecular flexibility index (Phi) is 7.73. The van der Waals surface area contributed by atoms with Crippen molar-refractivity contribution in [1.29, 1.82) is 0 Å². The Morgan fingerprint density at radius 3 is 2.79 bits per heavy atom. The van der Waals surface area contributed by atoms with Crippen LogP contribution in [0.5, 0.6) is 0 Å². The molecule has 1 fully saturated rings. The lowest BCUT2D eigenvalue weighted by Gasteiger charge is -2.37. The monoisotopic (exact) mass is 561 g/mol. The highest BCUT2D eigenvalue weighted by Crippen LogP contribution is 2.28. The van der Waals surface area contributed by atoms with Crippen LogP contribution in [0.3, 0.4) is 0 Å². The lowest BCUT2D eigenvalue weighted by molar-refractivity contribution is -0.134. The zero-order valence-electron chi connectivity index (χ0n) is 21.6. The Bertz CT molecular complexity index is 1210. The summed E-state index contributed by atoms with van der Waals surface area (Å²) in [6.07, 6.45) is 7.23. The molecule has 1 aromatic heterocycles. The van der Waals surface area contributed by atoms with Crippen molar-refractivity contribution in [1.82, 2.24) is 30.7 Å². The van der Waals surface area contributed by atoms with Crippen LogP contribution in [0, 0.1) is 5.92 Å². The first-order chi connectivity index (χ1) is 18.2. The number of likely N-dealkylation sites (N-methyl/N-ethyl adjacent to an activating group) is 1. The van der Waals surface area contributed by atoms with Crippen molar-refractivity contribution in [3.63, 3.8) is 0 Å². The van der Waals surface area contributed by atoms with Crippen molar-refractivity contribution in [3.05, 3.63) is 38.8 Å². The minimum absolute atomic E-state index is 0.00957. The molecule has 0 spiro atoms. The van der Waals surface area contributed by atoms with Gasteiger partial charge in [0.05, 0.1) is 17.8 Å². The van der Waals surface area contributed by atoms with Crippen LogP contribution < -0.4 is 16.0 Å². The molecular formula is C25H32ClN7O4S. The summed E-state index contributed by atoms with van der Waals surface area (Å²) in [6.45, 7) is 1.68. The predicted octanol–water partition coefficient (Wildman–Crippen LogP) is 0.966. The van der Waals surface area contributed by atoms with Gasteiger partial charge in [0.2, 0.25) is 11.7 Å². The number of hydrogen-bond acceptors (Lipinski definition) is 9. The Hall–Kier alpha value is -2.96. The molecule has 4 aliphatic rings. The van der Waals surface area contributed by atoms with E-state index in [0.29, 0.717) is 29.3 Å². The fourth-order valence-corrected chi connectivity index (χ4v) is 6.52. The molecule has 3 heterocycles. The number of hydrogen-bond donors (Lipinski definition) is 3. The smallest absolute Gasteiger partial charge is 0.290 e. The van der Waals surface area contributed by atoms with E-state index in [1.165, 1.54) is 11.3 Å². The highest BCUT2D eigenvalue weighted by Gasteiger charge is 2.38. The Labute approximate surface area is 230 Å². The third-order valence-electron chi connectivity index (χ3n) is 7.31. The molecule has 1 aromatic rings. The molecule has 0 saturated heterocycles. The molecule has 11 nitrogen and oxygen atoms in total. The molecule has 0 bridgehead atoms. The molecule has 3 amide bonds. The van der Waals surface area contributed by atoms with Gasteiger partial charge in [-0.3, -0.25) is 14.4 Å². The van der Waals surface area contributed by atoms with Gasteiger partial charge in [0.15, 0.2) is 11.1 Å². The van der Waals surface area contributed by atoms with Crippen molar-refractivity contribution in [2.24, 2.45) is 11.1 Å². The molecule has 5 atom stereocenters. The van der Waals surface area contributed by atoms with Crippen LogP contribution in [-0.2, 0) is 27.4 Å². The molecule has 2 unspecified atom stereocenters. The highest BCUT2D eigenvalue weighted by atomic mass is 35.5. The van der Waals surface area contributed by atoms with Gasteiger partial charge in [0.25, 0.3) is 11.8 Å². The van der Waals surface area contributed by atoms with Gasteiger partial charge < -0.3 is 30.6 Å². The van der Waals surface area contributed by atoms with E-state index >= 15 is 0 Å². The van der Waals surface area contributed by atoms with Crippen LogP contribution in [-0.4, -0.2) is 90.3 Å². The molecule has 204 valence electrons. The SMILES string of the molecule is CN1CCc2nc(C(=O)N[C@@H]3C[C@@H](C(=O)N(C)C)CC[C@@H]3NC(=O)C3=NOC4C=C(Cl)C=CC4N3)sc2C1. The zero-order chi connectivity index (χ0) is 27.0. The van der Waals surface area contributed by atoms with Crippen molar-refractivity contribution < 1.29 is 19.2 Å². The van der Waals surface area contributed by atoms with E-state index in [-0.39, 0.29) is 29.6 Å². The lowest BCUT2D eigenvalue weighted by Crippen LogP contribution is -2.59. The first-order valence-electron chi connectivity index (χ1n) is 12.7. The summed E-state index contributed by atoms with van der Waals surface area (Å²) in [7, 11) is 5.50. The summed E-state index contributed by atoms with van der Waals surface area (Å²) >= 11 is 7.43. The normalized spacial score (nSPS) is 28.5. The number of nitrogens with zero attached hydrogens (tertiary/aromatic N) is 4. The molecule has 2 aliphatic heterocycles. The predicted molar refractivity (Wildman–Crippen MR) is 144 cm³/mol. The molecule has 13 heteroatoms. The number of thiazole rings is 1. The van der Waals surface area contributed by atoms with E-state index in [0.717, 1.165) is 30.1 Å². The maximum Gasteiger partial charge on any atom is 0.290 e. The molecule has 3 N–H and O–H groups in total. The quantitative estimate of drug-likeness (QED) is 0.488. The number of carbonyl (C=O) groups excluding carboxylic acids is 3. The molecule has 1 saturated carbocycles. The van der Waals surface area contributed by atoms with Crippen molar-refractivity contribution in [2.75, 3.05) is 27.7 Å². The van der Waals surface area contributed by atoms with Gasteiger partial charge in [-0.15, -0.1) is 11.3 Å². The van der Waals surface area contributed by atoms with Crippen molar-refractivity contribution in [2.45, 2.75) is 56.5 Å². The lowest BCUT2D eigenvalue weighted by atomic mass is 9.81. The Morgan fingerprint density at radius 2 is 2.00 bits per heavy atom.